The number of benzene rings is 1. The van der Waals surface area contributed by atoms with Crippen molar-refractivity contribution in [3.63, 3.8) is 0 Å². The van der Waals surface area contributed by atoms with Gasteiger partial charge in [-0.3, -0.25) is 4.79 Å². The average molecular weight is 342 g/mol. The van der Waals surface area contributed by atoms with Crippen LogP contribution in [0.2, 0.25) is 0 Å². The summed E-state index contributed by atoms with van der Waals surface area (Å²) in [5, 5.41) is 3.25. The molecular weight excluding hydrogens is 316 g/mol. The van der Waals surface area contributed by atoms with Crippen LogP contribution in [0.3, 0.4) is 0 Å². The Hall–Kier alpha value is -2.27. The second-order valence-electron chi connectivity index (χ2n) is 6.70. The number of aryl methyl sites for hydroxylation is 2. The van der Waals surface area contributed by atoms with Crippen molar-refractivity contribution in [2.75, 3.05) is 20.1 Å². The van der Waals surface area contributed by atoms with Gasteiger partial charge in [-0.2, -0.15) is 0 Å². The van der Waals surface area contributed by atoms with E-state index in [1.807, 2.05) is 37.1 Å². The van der Waals surface area contributed by atoms with Crippen LogP contribution in [0.15, 0.2) is 34.7 Å². The van der Waals surface area contributed by atoms with E-state index in [1.165, 1.54) is 5.56 Å². The molecule has 0 saturated carbocycles. The lowest BCUT2D eigenvalue weighted by molar-refractivity contribution is 0.0662. The minimum Gasteiger partial charge on any atom is -0.485 e. The van der Waals surface area contributed by atoms with E-state index in [0.717, 1.165) is 37.2 Å². The first-order chi connectivity index (χ1) is 12.1. The minimum absolute atomic E-state index is 0.0438. The van der Waals surface area contributed by atoms with Crippen molar-refractivity contribution in [2.45, 2.75) is 39.3 Å². The van der Waals surface area contributed by atoms with Crippen molar-refractivity contribution in [1.82, 2.24) is 10.2 Å². The summed E-state index contributed by atoms with van der Waals surface area (Å²) in [5.41, 5.74) is 2.30. The number of ether oxygens (including phenoxy) is 1. The number of hydrogen-bond acceptors (Lipinski definition) is 4. The molecule has 0 unspecified atom stereocenters. The van der Waals surface area contributed by atoms with Crippen LogP contribution in [-0.4, -0.2) is 37.0 Å². The van der Waals surface area contributed by atoms with Gasteiger partial charge >= 0.3 is 0 Å². The molecule has 0 bridgehead atoms. The molecule has 2 heterocycles. The quantitative estimate of drug-likeness (QED) is 0.906. The Labute approximate surface area is 149 Å². The summed E-state index contributed by atoms with van der Waals surface area (Å²) in [6.45, 7) is 5.90. The van der Waals surface area contributed by atoms with Gasteiger partial charge in [0, 0.05) is 19.1 Å². The number of furan rings is 1. The maximum absolute atomic E-state index is 12.6. The molecule has 0 aliphatic carbocycles. The summed E-state index contributed by atoms with van der Waals surface area (Å²) in [7, 11) is 1.94. The van der Waals surface area contributed by atoms with Crippen molar-refractivity contribution in [2.24, 2.45) is 0 Å². The molecule has 5 nitrogen and oxygen atoms in total. The summed E-state index contributed by atoms with van der Waals surface area (Å²) >= 11 is 0. The number of piperidine rings is 1. The van der Waals surface area contributed by atoms with Gasteiger partial charge in [-0.15, -0.1) is 0 Å². The number of rotatable bonds is 5. The minimum atomic E-state index is -0.0438. The molecule has 25 heavy (non-hydrogen) atoms. The fourth-order valence-corrected chi connectivity index (χ4v) is 3.23. The van der Waals surface area contributed by atoms with Crippen LogP contribution in [0.25, 0.3) is 0 Å². The number of nitrogens with one attached hydrogen (secondary N) is 1. The van der Waals surface area contributed by atoms with E-state index in [4.69, 9.17) is 9.15 Å². The van der Waals surface area contributed by atoms with E-state index >= 15 is 0 Å². The number of likely N-dealkylation sites (N-methyl/N-ethyl adjacent to an activating group) is 1. The highest BCUT2D eigenvalue weighted by molar-refractivity contribution is 5.91. The Kier molecular flexibility index (Phi) is 5.43. The molecule has 1 aliphatic rings. The van der Waals surface area contributed by atoms with Gasteiger partial charge in [0.1, 0.15) is 18.1 Å². The maximum Gasteiger partial charge on any atom is 0.289 e. The van der Waals surface area contributed by atoms with Gasteiger partial charge in [0.15, 0.2) is 5.76 Å². The van der Waals surface area contributed by atoms with Gasteiger partial charge in [0.05, 0.1) is 0 Å². The number of carbonyl (C=O) groups excluding carboxylic acids is 1. The highest BCUT2D eigenvalue weighted by Gasteiger charge is 2.25. The van der Waals surface area contributed by atoms with Crippen molar-refractivity contribution >= 4 is 5.91 Å². The molecule has 2 aromatic rings. The molecule has 1 N–H and O–H groups in total. The first kappa shape index (κ1) is 17.5. The third kappa shape index (κ3) is 4.23. The molecule has 5 heteroatoms. The van der Waals surface area contributed by atoms with Crippen LogP contribution in [-0.2, 0) is 6.61 Å². The van der Waals surface area contributed by atoms with Crippen LogP contribution >= 0.6 is 0 Å². The molecule has 1 atom stereocenters. The molecular formula is C20H26N2O3. The number of carbonyl (C=O) groups is 1. The highest BCUT2D eigenvalue weighted by Crippen LogP contribution is 2.21. The summed E-state index contributed by atoms with van der Waals surface area (Å²) < 4.78 is 11.5. The number of nitrogens with zero attached hydrogens (tertiary/aromatic N) is 1. The van der Waals surface area contributed by atoms with E-state index in [0.29, 0.717) is 24.2 Å². The second-order valence-corrected chi connectivity index (χ2v) is 6.70. The zero-order valence-corrected chi connectivity index (χ0v) is 15.2. The molecule has 3 rings (SSSR count). The number of amides is 1. The van der Waals surface area contributed by atoms with Gasteiger partial charge in [-0.25, -0.2) is 0 Å². The van der Waals surface area contributed by atoms with Crippen molar-refractivity contribution in [1.29, 1.82) is 0 Å². The smallest absolute Gasteiger partial charge is 0.289 e. The SMILES string of the molecule is CN[C@H]1CCCN(C(=O)c2ccc(COc3ccc(C)cc3C)o2)C1. The number of likely N-dealkylation sites (tertiary alicyclic amines) is 1. The monoisotopic (exact) mass is 342 g/mol. The molecule has 134 valence electrons. The van der Waals surface area contributed by atoms with Crippen LogP contribution in [0, 0.1) is 13.8 Å². The molecule has 0 spiro atoms. The molecule has 1 aliphatic heterocycles. The molecule has 1 aromatic heterocycles. The lowest BCUT2D eigenvalue weighted by Gasteiger charge is -2.31. The zero-order valence-electron chi connectivity index (χ0n) is 15.2. The fourth-order valence-electron chi connectivity index (χ4n) is 3.23. The predicted molar refractivity (Wildman–Crippen MR) is 96.9 cm³/mol. The summed E-state index contributed by atoms with van der Waals surface area (Å²) in [4.78, 5) is 14.5. The fraction of sp³-hybridized carbons (Fsp3) is 0.450. The summed E-state index contributed by atoms with van der Waals surface area (Å²) in [6, 6.07) is 9.99. The Balaban J connectivity index is 1.61. The first-order valence-electron chi connectivity index (χ1n) is 8.82. The van der Waals surface area contributed by atoms with Gasteiger partial charge < -0.3 is 19.4 Å². The van der Waals surface area contributed by atoms with E-state index in [1.54, 1.807) is 6.07 Å². The van der Waals surface area contributed by atoms with Crippen LogP contribution in [0.4, 0.5) is 0 Å². The highest BCUT2D eigenvalue weighted by atomic mass is 16.5. The second kappa shape index (κ2) is 7.74. The lowest BCUT2D eigenvalue weighted by Crippen LogP contribution is -2.46. The van der Waals surface area contributed by atoms with E-state index in [9.17, 15) is 4.79 Å². The Morgan fingerprint density at radius 1 is 1.32 bits per heavy atom. The largest absolute Gasteiger partial charge is 0.485 e. The Morgan fingerprint density at radius 2 is 2.16 bits per heavy atom. The predicted octanol–water partition coefficient (Wildman–Crippen LogP) is 3.30. The first-order valence-corrected chi connectivity index (χ1v) is 8.82. The van der Waals surface area contributed by atoms with Crippen LogP contribution in [0.1, 0.15) is 40.3 Å². The zero-order chi connectivity index (χ0) is 17.8. The Morgan fingerprint density at radius 3 is 2.92 bits per heavy atom. The molecule has 1 saturated heterocycles. The molecule has 1 amide bonds. The summed E-state index contributed by atoms with van der Waals surface area (Å²) in [6.07, 6.45) is 2.12. The van der Waals surface area contributed by atoms with Gasteiger partial charge in [-0.1, -0.05) is 17.7 Å². The van der Waals surface area contributed by atoms with Crippen molar-refractivity contribution in [3.05, 3.63) is 53.0 Å². The Bertz CT molecular complexity index is 738. The van der Waals surface area contributed by atoms with Gasteiger partial charge in [-0.05, 0) is 57.5 Å². The third-order valence-electron chi connectivity index (χ3n) is 4.69. The molecule has 1 aromatic carbocycles. The van der Waals surface area contributed by atoms with Crippen molar-refractivity contribution < 1.29 is 13.9 Å². The van der Waals surface area contributed by atoms with Gasteiger partial charge in [0.2, 0.25) is 0 Å². The third-order valence-corrected chi connectivity index (χ3v) is 4.69. The van der Waals surface area contributed by atoms with Crippen molar-refractivity contribution in [3.8, 4) is 5.75 Å². The van der Waals surface area contributed by atoms with E-state index in [2.05, 4.69) is 18.3 Å². The maximum atomic E-state index is 12.6. The van der Waals surface area contributed by atoms with Gasteiger partial charge in [0.25, 0.3) is 5.91 Å². The average Bonchev–Trinajstić information content (AvgIpc) is 3.09. The molecule has 0 radical (unpaired) electrons. The lowest BCUT2D eigenvalue weighted by atomic mass is 10.1. The normalized spacial score (nSPS) is 17.6. The van der Waals surface area contributed by atoms with E-state index < -0.39 is 0 Å². The topological polar surface area (TPSA) is 54.7 Å². The van der Waals surface area contributed by atoms with Crippen LogP contribution < -0.4 is 10.1 Å². The standard InChI is InChI=1S/C20H26N2O3/c1-14-6-8-18(15(2)11-14)24-13-17-7-9-19(25-17)20(23)22-10-4-5-16(12-22)21-3/h6-9,11,16,21H,4-5,10,12-13H2,1-3H3/t16-/m0/s1. The summed E-state index contributed by atoms with van der Waals surface area (Å²) in [5.74, 6) is 1.84. The van der Waals surface area contributed by atoms with Crippen LogP contribution in [0.5, 0.6) is 5.75 Å². The molecule has 1 fully saturated rings. The van der Waals surface area contributed by atoms with E-state index in [-0.39, 0.29) is 5.91 Å². The number of hydrogen-bond donors (Lipinski definition) is 1.